The summed E-state index contributed by atoms with van der Waals surface area (Å²) in [7, 11) is 0. The number of ether oxygens (including phenoxy) is 7. The van der Waals surface area contributed by atoms with Crippen LogP contribution in [0.4, 0.5) is 0 Å². The van der Waals surface area contributed by atoms with E-state index in [1.54, 1.807) is 0 Å². The number of nitrogens with zero attached hydrogens (tertiary/aromatic N) is 3. The van der Waals surface area contributed by atoms with Gasteiger partial charge in [-0.15, -0.1) is 0 Å². The number of rotatable bonds is 23. The van der Waals surface area contributed by atoms with Gasteiger partial charge in [0.15, 0.2) is 4.77 Å². The first-order chi connectivity index (χ1) is 27.0. The van der Waals surface area contributed by atoms with Gasteiger partial charge in [-0.05, 0) is 51.5 Å². The second kappa shape index (κ2) is 21.7. The SMILES string of the molecule is CC(C)=CCN1Cc2c(OCCOCCOCCOCCOCCOC(=O)CCc3cn([C@H]4C[C@H](O)[C@@H](CO)O4)c(=O)[nH]c3=O)ccc3[nH]c(=S)n(c23)C[C@@H]1C. The summed E-state index contributed by atoms with van der Waals surface area (Å²) in [5.74, 6) is 0.309. The van der Waals surface area contributed by atoms with E-state index in [1.807, 2.05) is 12.1 Å². The van der Waals surface area contributed by atoms with Crippen molar-refractivity contribution in [2.24, 2.45) is 0 Å². The van der Waals surface area contributed by atoms with E-state index in [1.165, 1.54) is 11.8 Å². The van der Waals surface area contributed by atoms with E-state index in [2.05, 4.69) is 46.3 Å². The zero-order valence-electron chi connectivity index (χ0n) is 32.4. The molecule has 5 rings (SSSR count). The number of esters is 1. The van der Waals surface area contributed by atoms with Crippen LogP contribution in [0.5, 0.6) is 5.75 Å². The lowest BCUT2D eigenvalue weighted by Crippen LogP contribution is -2.34. The highest BCUT2D eigenvalue weighted by molar-refractivity contribution is 7.71. The quantitative estimate of drug-likeness (QED) is 0.0469. The highest BCUT2D eigenvalue weighted by atomic mass is 32.1. The summed E-state index contributed by atoms with van der Waals surface area (Å²) in [4.78, 5) is 44.7. The van der Waals surface area contributed by atoms with Crippen molar-refractivity contribution in [2.75, 3.05) is 79.2 Å². The minimum absolute atomic E-state index is 0.0322. The molecular formula is C38H55N5O12S. The van der Waals surface area contributed by atoms with Crippen LogP contribution < -0.4 is 16.0 Å². The summed E-state index contributed by atoms with van der Waals surface area (Å²) >= 11 is 5.66. The smallest absolute Gasteiger partial charge is 0.330 e. The third-order valence-electron chi connectivity index (χ3n) is 9.59. The minimum atomic E-state index is -0.945. The Morgan fingerprint density at radius 3 is 2.29 bits per heavy atom. The lowest BCUT2D eigenvalue weighted by Gasteiger charge is -2.26. The van der Waals surface area contributed by atoms with E-state index in [-0.39, 0.29) is 38.0 Å². The molecule has 2 aliphatic heterocycles. The number of nitrogens with one attached hydrogen (secondary N) is 2. The molecular weight excluding hydrogens is 751 g/mol. The molecule has 4 atom stereocenters. The maximum Gasteiger partial charge on any atom is 0.330 e. The molecule has 3 aromatic rings. The Hall–Kier alpha value is -3.72. The molecule has 2 aromatic heterocycles. The van der Waals surface area contributed by atoms with Crippen LogP contribution in [-0.4, -0.2) is 138 Å². The van der Waals surface area contributed by atoms with Crippen LogP contribution in [-0.2, 0) is 52.7 Å². The number of hydrogen-bond donors (Lipinski definition) is 4. The van der Waals surface area contributed by atoms with E-state index in [0.29, 0.717) is 58.9 Å². The van der Waals surface area contributed by atoms with Crippen LogP contribution in [0.25, 0.3) is 11.0 Å². The normalized spacial score (nSPS) is 19.7. The number of H-pyrrole nitrogens is 2. The number of benzene rings is 1. The van der Waals surface area contributed by atoms with Gasteiger partial charge in [-0.1, -0.05) is 11.6 Å². The number of carbonyl (C=O) groups excluding carboxylic acids is 1. The molecule has 4 N–H and O–H groups in total. The molecule has 1 fully saturated rings. The molecule has 310 valence electrons. The van der Waals surface area contributed by atoms with Crippen molar-refractivity contribution in [3.05, 3.63) is 66.7 Å². The minimum Gasteiger partial charge on any atom is -0.491 e. The Balaban J connectivity index is 0.873. The van der Waals surface area contributed by atoms with Crippen molar-refractivity contribution >= 4 is 29.2 Å². The first-order valence-corrected chi connectivity index (χ1v) is 19.5. The van der Waals surface area contributed by atoms with Gasteiger partial charge in [-0.25, -0.2) is 4.79 Å². The number of hydrogen-bond acceptors (Lipinski definition) is 14. The number of imidazole rings is 1. The molecule has 0 radical (unpaired) electrons. The Morgan fingerprint density at radius 2 is 1.64 bits per heavy atom. The first kappa shape index (κ1) is 43.4. The Bertz CT molecular complexity index is 1940. The molecule has 0 saturated carbocycles. The molecule has 4 heterocycles. The predicted molar refractivity (Wildman–Crippen MR) is 207 cm³/mol. The number of carbonyl (C=O) groups is 1. The van der Waals surface area contributed by atoms with Crippen molar-refractivity contribution in [3.8, 4) is 5.75 Å². The summed E-state index contributed by atoms with van der Waals surface area (Å²) in [6.07, 6.45) is 0.966. The van der Waals surface area contributed by atoms with Gasteiger partial charge in [0.05, 0.1) is 76.6 Å². The van der Waals surface area contributed by atoms with Crippen molar-refractivity contribution in [1.82, 2.24) is 24.0 Å². The van der Waals surface area contributed by atoms with Crippen LogP contribution in [0.1, 0.15) is 51.0 Å². The van der Waals surface area contributed by atoms with Crippen molar-refractivity contribution in [3.63, 3.8) is 0 Å². The lowest BCUT2D eigenvalue weighted by atomic mass is 10.1. The van der Waals surface area contributed by atoms with Gasteiger partial charge < -0.3 is 52.9 Å². The molecule has 1 saturated heterocycles. The van der Waals surface area contributed by atoms with Gasteiger partial charge in [-0.2, -0.15) is 0 Å². The average molecular weight is 806 g/mol. The fourth-order valence-electron chi connectivity index (χ4n) is 6.52. The van der Waals surface area contributed by atoms with E-state index in [9.17, 15) is 24.6 Å². The zero-order chi connectivity index (χ0) is 40.0. The molecule has 18 heteroatoms. The lowest BCUT2D eigenvalue weighted by molar-refractivity contribution is -0.145. The summed E-state index contributed by atoms with van der Waals surface area (Å²) in [6.45, 7) is 11.9. The number of allylic oxidation sites excluding steroid dienone is 1. The van der Waals surface area contributed by atoms with Crippen LogP contribution in [0, 0.1) is 4.77 Å². The van der Waals surface area contributed by atoms with Gasteiger partial charge in [0, 0.05) is 55.8 Å². The highest BCUT2D eigenvalue weighted by Gasteiger charge is 2.35. The molecule has 1 aromatic carbocycles. The molecule has 0 bridgehead atoms. The van der Waals surface area contributed by atoms with Gasteiger partial charge in [0.1, 0.15) is 31.3 Å². The second-order valence-corrected chi connectivity index (χ2v) is 14.4. The van der Waals surface area contributed by atoms with Crippen LogP contribution in [0.15, 0.2) is 39.6 Å². The second-order valence-electron chi connectivity index (χ2n) is 14.0. The van der Waals surface area contributed by atoms with Crippen LogP contribution in [0.2, 0.25) is 0 Å². The molecule has 17 nitrogen and oxygen atoms in total. The Labute approximate surface area is 330 Å². The van der Waals surface area contributed by atoms with Crippen LogP contribution in [0.3, 0.4) is 0 Å². The van der Waals surface area contributed by atoms with Gasteiger partial charge in [-0.3, -0.25) is 24.0 Å². The molecule has 0 aliphatic carbocycles. The fourth-order valence-corrected chi connectivity index (χ4v) is 6.80. The Kier molecular flexibility index (Phi) is 16.8. The van der Waals surface area contributed by atoms with Crippen LogP contribution >= 0.6 is 12.2 Å². The summed E-state index contributed by atoms with van der Waals surface area (Å²) in [5.41, 5.74) is 3.40. The predicted octanol–water partition coefficient (Wildman–Crippen LogP) is 1.98. The van der Waals surface area contributed by atoms with Gasteiger partial charge in [0.2, 0.25) is 0 Å². The fraction of sp³-hybridized carbons (Fsp3) is 0.632. The third kappa shape index (κ3) is 12.1. The molecule has 0 amide bonds. The Morgan fingerprint density at radius 1 is 0.982 bits per heavy atom. The largest absolute Gasteiger partial charge is 0.491 e. The third-order valence-corrected chi connectivity index (χ3v) is 9.91. The first-order valence-electron chi connectivity index (χ1n) is 19.1. The van der Waals surface area contributed by atoms with E-state index in [0.717, 1.165) is 51.3 Å². The maximum absolute atomic E-state index is 12.3. The van der Waals surface area contributed by atoms with Crippen molar-refractivity contribution < 1.29 is 48.2 Å². The summed E-state index contributed by atoms with van der Waals surface area (Å²) in [6, 6.07) is 4.34. The highest BCUT2D eigenvalue weighted by Crippen LogP contribution is 2.33. The molecule has 0 unspecified atom stereocenters. The molecule has 0 spiro atoms. The number of aromatic nitrogens is 4. The number of aryl methyl sites for hydroxylation is 1. The molecule has 2 aliphatic rings. The summed E-state index contributed by atoms with van der Waals surface area (Å²) < 4.78 is 43.2. The number of aliphatic hydroxyl groups excluding tert-OH is 2. The van der Waals surface area contributed by atoms with Gasteiger partial charge >= 0.3 is 11.7 Å². The van der Waals surface area contributed by atoms with Gasteiger partial charge in [0.25, 0.3) is 5.56 Å². The van der Waals surface area contributed by atoms with E-state index >= 15 is 0 Å². The monoisotopic (exact) mass is 805 g/mol. The number of aliphatic hydroxyl groups is 2. The molecule has 56 heavy (non-hydrogen) atoms. The van der Waals surface area contributed by atoms with Crippen molar-refractivity contribution in [1.29, 1.82) is 0 Å². The zero-order valence-corrected chi connectivity index (χ0v) is 33.2. The average Bonchev–Trinajstić information content (AvgIpc) is 3.65. The van der Waals surface area contributed by atoms with Crippen molar-refractivity contribution in [2.45, 2.75) is 77.6 Å². The standard InChI is InChI=1S/C38H55N5O12S/c1-25(2)8-9-41-23-28-31(6-5-29-35(28)43(21-26(41)3)38(56)39-29)53-18-16-51-14-12-49-10-11-50-13-15-52-17-19-54-34(46)7-4-27-22-42(37(48)40-36(27)47)33-20-30(45)32(24-44)55-33/h5-6,8,22,26,30,32-33,44-45H,4,7,9-21,23-24H2,1-3H3,(H,39,56)(H,40,47,48)/t26-,30-,32+,33+/m0/s1. The topological polar surface area (TPSA) is 201 Å². The van der Waals surface area contributed by atoms with E-state index < -0.39 is 42.3 Å². The number of aromatic amines is 2. The maximum atomic E-state index is 12.3. The summed E-state index contributed by atoms with van der Waals surface area (Å²) in [5, 5.41) is 19.3. The van der Waals surface area contributed by atoms with E-state index in [4.69, 9.17) is 45.4 Å².